The summed E-state index contributed by atoms with van der Waals surface area (Å²) in [5, 5.41) is 3.94. The second-order valence-corrected chi connectivity index (χ2v) is 9.84. The van der Waals surface area contributed by atoms with Crippen molar-refractivity contribution in [3.8, 4) is 11.5 Å². The Hall–Kier alpha value is -3.17. The molecule has 3 amide bonds. The first-order chi connectivity index (χ1) is 16.0. The molecule has 2 aromatic carbocycles. The molecule has 8 nitrogen and oxygen atoms in total. The highest BCUT2D eigenvalue weighted by atomic mass is 32.1. The van der Waals surface area contributed by atoms with Crippen LogP contribution in [0.4, 0.5) is 4.79 Å². The van der Waals surface area contributed by atoms with E-state index in [-0.39, 0.29) is 24.6 Å². The third-order valence-corrected chi connectivity index (χ3v) is 7.81. The molecule has 3 aliphatic rings. The van der Waals surface area contributed by atoms with Gasteiger partial charge in [-0.1, -0.05) is 18.2 Å². The molecule has 3 aromatic rings. The van der Waals surface area contributed by atoms with Crippen molar-refractivity contribution < 1.29 is 19.1 Å². The first kappa shape index (κ1) is 20.4. The Balaban J connectivity index is 1.24. The highest BCUT2D eigenvalue weighted by molar-refractivity contribution is 7.18. The first-order valence-corrected chi connectivity index (χ1v) is 12.0. The van der Waals surface area contributed by atoms with E-state index in [0.29, 0.717) is 30.3 Å². The quantitative estimate of drug-likeness (QED) is 0.594. The Kier molecular flexibility index (Phi) is 4.77. The van der Waals surface area contributed by atoms with E-state index < -0.39 is 5.54 Å². The number of carbonyl (C=O) groups is 2. The SMILES string of the molecule is C[C@]1(c2ccc3c(c2)OCCO3)NC(=O)N(CN2CCC[C@@H]2c2nc3ccccc3s2)C1=O. The highest BCUT2D eigenvalue weighted by Gasteiger charge is 2.50. The minimum atomic E-state index is -1.15. The van der Waals surface area contributed by atoms with E-state index in [9.17, 15) is 9.59 Å². The lowest BCUT2D eigenvalue weighted by atomic mass is 9.91. The molecule has 0 aliphatic carbocycles. The average molecular weight is 465 g/mol. The molecule has 0 saturated carbocycles. The standard InChI is InChI=1S/C24H24N4O4S/c1-24(15-8-9-18-19(13-15)32-12-11-31-18)22(29)28(23(30)26-24)14-27-10-4-6-17(27)21-25-16-5-2-3-7-20(16)33-21/h2-3,5,7-9,13,17H,4,6,10-12,14H2,1H3,(H,26,30)/t17-,24-/m1/s1. The number of aromatic nitrogens is 1. The van der Waals surface area contributed by atoms with Gasteiger partial charge in [-0.05, 0) is 49.6 Å². The second-order valence-electron chi connectivity index (χ2n) is 8.78. The predicted molar refractivity (Wildman–Crippen MR) is 123 cm³/mol. The zero-order valence-corrected chi connectivity index (χ0v) is 19.1. The lowest BCUT2D eigenvalue weighted by molar-refractivity contribution is -0.132. The van der Waals surface area contributed by atoms with E-state index in [2.05, 4.69) is 16.3 Å². The van der Waals surface area contributed by atoms with Crippen molar-refractivity contribution in [2.75, 3.05) is 26.4 Å². The number of rotatable bonds is 4. The number of amides is 3. The molecule has 9 heteroatoms. The first-order valence-electron chi connectivity index (χ1n) is 11.2. The van der Waals surface area contributed by atoms with Crippen LogP contribution in [0.1, 0.15) is 36.4 Å². The molecule has 0 radical (unpaired) electrons. The van der Waals surface area contributed by atoms with Gasteiger partial charge in [0, 0.05) is 6.54 Å². The van der Waals surface area contributed by atoms with Crippen molar-refractivity contribution in [2.45, 2.75) is 31.3 Å². The number of hydrogen-bond donors (Lipinski definition) is 1. The van der Waals surface area contributed by atoms with Crippen LogP contribution >= 0.6 is 11.3 Å². The summed E-state index contributed by atoms with van der Waals surface area (Å²) >= 11 is 1.68. The third-order valence-electron chi connectivity index (χ3n) is 6.68. The smallest absolute Gasteiger partial charge is 0.326 e. The van der Waals surface area contributed by atoms with Crippen LogP contribution in [0.5, 0.6) is 11.5 Å². The van der Waals surface area contributed by atoms with E-state index in [1.165, 1.54) is 4.90 Å². The van der Waals surface area contributed by atoms with Gasteiger partial charge in [0.2, 0.25) is 0 Å². The van der Waals surface area contributed by atoms with Crippen molar-refractivity contribution in [1.29, 1.82) is 0 Å². The van der Waals surface area contributed by atoms with Crippen LogP contribution < -0.4 is 14.8 Å². The van der Waals surface area contributed by atoms with Gasteiger partial charge in [-0.3, -0.25) is 9.69 Å². The zero-order chi connectivity index (χ0) is 22.6. The van der Waals surface area contributed by atoms with Gasteiger partial charge in [-0.25, -0.2) is 14.7 Å². The Bertz CT molecular complexity index is 1230. The number of likely N-dealkylation sites (tertiary alicyclic amines) is 1. The summed E-state index contributed by atoms with van der Waals surface area (Å²) in [6, 6.07) is 13.2. The molecule has 2 fully saturated rings. The molecular weight excluding hydrogens is 440 g/mol. The van der Waals surface area contributed by atoms with Crippen LogP contribution in [-0.4, -0.2) is 53.1 Å². The van der Waals surface area contributed by atoms with Gasteiger partial charge in [0.1, 0.15) is 23.8 Å². The molecule has 6 rings (SSSR count). The Morgan fingerprint density at radius 1 is 1.15 bits per heavy atom. The molecular formula is C24H24N4O4S. The summed E-state index contributed by atoms with van der Waals surface area (Å²) in [6.45, 7) is 3.76. The van der Waals surface area contributed by atoms with Crippen LogP contribution in [-0.2, 0) is 10.3 Å². The maximum Gasteiger partial charge on any atom is 0.326 e. The number of thiazole rings is 1. The van der Waals surface area contributed by atoms with E-state index in [0.717, 1.165) is 34.6 Å². The van der Waals surface area contributed by atoms with Crippen LogP contribution in [0.2, 0.25) is 0 Å². The van der Waals surface area contributed by atoms with Crippen LogP contribution in [0.25, 0.3) is 10.2 Å². The fourth-order valence-corrected chi connectivity index (χ4v) is 6.00. The number of imide groups is 1. The van der Waals surface area contributed by atoms with Crippen LogP contribution in [0.15, 0.2) is 42.5 Å². The van der Waals surface area contributed by atoms with E-state index >= 15 is 0 Å². The van der Waals surface area contributed by atoms with E-state index in [1.807, 2.05) is 24.3 Å². The molecule has 1 N–H and O–H groups in total. The molecule has 2 saturated heterocycles. The average Bonchev–Trinajstić information content (AvgIpc) is 3.52. The van der Waals surface area contributed by atoms with Crippen molar-refractivity contribution in [3.63, 3.8) is 0 Å². The van der Waals surface area contributed by atoms with Gasteiger partial charge >= 0.3 is 6.03 Å². The normalized spacial score (nSPS) is 25.1. The number of fused-ring (bicyclic) bond motifs is 2. The van der Waals surface area contributed by atoms with E-state index in [4.69, 9.17) is 14.5 Å². The number of ether oxygens (including phenoxy) is 2. The summed E-state index contributed by atoms with van der Waals surface area (Å²) in [5.41, 5.74) is 0.514. The number of para-hydroxylation sites is 1. The molecule has 1 aromatic heterocycles. The Morgan fingerprint density at radius 3 is 2.82 bits per heavy atom. The largest absolute Gasteiger partial charge is 0.486 e. The predicted octanol–water partition coefficient (Wildman–Crippen LogP) is 3.63. The third kappa shape index (κ3) is 3.34. The lowest BCUT2D eigenvalue weighted by Gasteiger charge is -2.28. The van der Waals surface area contributed by atoms with Gasteiger partial charge in [0.15, 0.2) is 11.5 Å². The van der Waals surface area contributed by atoms with Crippen molar-refractivity contribution >= 4 is 33.5 Å². The topological polar surface area (TPSA) is 84.0 Å². The van der Waals surface area contributed by atoms with Crippen LogP contribution in [0, 0.1) is 0 Å². The van der Waals surface area contributed by atoms with Crippen molar-refractivity contribution in [1.82, 2.24) is 20.1 Å². The zero-order valence-electron chi connectivity index (χ0n) is 18.2. The Labute approximate surface area is 195 Å². The van der Waals surface area contributed by atoms with Gasteiger partial charge in [0.25, 0.3) is 5.91 Å². The summed E-state index contributed by atoms with van der Waals surface area (Å²) < 4.78 is 12.4. The summed E-state index contributed by atoms with van der Waals surface area (Å²) in [6.07, 6.45) is 1.96. The minimum absolute atomic E-state index is 0.101. The summed E-state index contributed by atoms with van der Waals surface area (Å²) in [5.74, 6) is 0.980. The number of nitrogens with one attached hydrogen (secondary N) is 1. The molecule has 33 heavy (non-hydrogen) atoms. The molecule has 170 valence electrons. The van der Waals surface area contributed by atoms with Gasteiger partial charge in [-0.15, -0.1) is 11.3 Å². The fourth-order valence-electron chi connectivity index (χ4n) is 4.86. The number of urea groups is 1. The molecule has 2 atom stereocenters. The molecule has 0 unspecified atom stereocenters. The van der Waals surface area contributed by atoms with Crippen molar-refractivity contribution in [3.05, 3.63) is 53.0 Å². The maximum absolute atomic E-state index is 13.5. The second kappa shape index (κ2) is 7.71. The Morgan fingerprint density at radius 2 is 1.97 bits per heavy atom. The van der Waals surface area contributed by atoms with E-state index in [1.54, 1.807) is 30.4 Å². The van der Waals surface area contributed by atoms with Gasteiger partial charge in [-0.2, -0.15) is 0 Å². The van der Waals surface area contributed by atoms with Gasteiger partial charge < -0.3 is 14.8 Å². The number of carbonyl (C=O) groups excluding carboxylic acids is 2. The molecule has 0 bridgehead atoms. The molecule has 4 heterocycles. The summed E-state index contributed by atoms with van der Waals surface area (Å²) in [7, 11) is 0. The van der Waals surface area contributed by atoms with Crippen LogP contribution in [0.3, 0.4) is 0 Å². The summed E-state index contributed by atoms with van der Waals surface area (Å²) in [4.78, 5) is 34.8. The lowest BCUT2D eigenvalue weighted by Crippen LogP contribution is -2.43. The number of benzene rings is 2. The fraction of sp³-hybridized carbons (Fsp3) is 0.375. The van der Waals surface area contributed by atoms with Crippen molar-refractivity contribution in [2.24, 2.45) is 0 Å². The number of nitrogens with zero attached hydrogens (tertiary/aromatic N) is 3. The number of hydrogen-bond acceptors (Lipinski definition) is 7. The van der Waals surface area contributed by atoms with Gasteiger partial charge in [0.05, 0.1) is 22.9 Å². The minimum Gasteiger partial charge on any atom is -0.486 e. The monoisotopic (exact) mass is 464 g/mol. The molecule has 3 aliphatic heterocycles. The highest BCUT2D eigenvalue weighted by Crippen LogP contribution is 2.39. The maximum atomic E-state index is 13.5. The molecule has 0 spiro atoms.